The molecule has 1 aromatic carbocycles. The van der Waals surface area contributed by atoms with Crippen molar-refractivity contribution in [2.75, 3.05) is 12.8 Å². The van der Waals surface area contributed by atoms with E-state index in [1.54, 1.807) is 14.0 Å². The highest BCUT2D eigenvalue weighted by Crippen LogP contribution is 2.28. The van der Waals surface area contributed by atoms with Crippen molar-refractivity contribution in [3.8, 4) is 17.0 Å². The highest BCUT2D eigenvalue weighted by Gasteiger charge is 2.19. The Labute approximate surface area is 136 Å². The number of amides is 1. The van der Waals surface area contributed by atoms with Crippen molar-refractivity contribution >= 4 is 11.9 Å². The van der Waals surface area contributed by atoms with E-state index in [2.05, 4.69) is 22.2 Å². The monoisotopic (exact) mass is 314 g/mol. The van der Waals surface area contributed by atoms with E-state index in [-0.39, 0.29) is 18.0 Å². The minimum absolute atomic E-state index is 0.112. The van der Waals surface area contributed by atoms with Crippen LogP contribution < -0.4 is 15.8 Å². The Morgan fingerprint density at radius 1 is 1.39 bits per heavy atom. The number of carbonyl (C=O) groups is 1. The van der Waals surface area contributed by atoms with Crippen LogP contribution in [0.25, 0.3) is 11.3 Å². The van der Waals surface area contributed by atoms with E-state index in [9.17, 15) is 4.79 Å². The molecule has 0 saturated carbocycles. The number of hydrogen-bond donors (Lipinski definition) is 2. The molecule has 122 valence electrons. The smallest absolute Gasteiger partial charge is 0.255 e. The molecule has 1 heterocycles. The lowest BCUT2D eigenvalue weighted by molar-refractivity contribution is 0.0962. The van der Waals surface area contributed by atoms with Gasteiger partial charge in [0, 0.05) is 12.6 Å². The summed E-state index contributed by atoms with van der Waals surface area (Å²) in [6, 6.07) is 7.48. The molecule has 1 unspecified atom stereocenters. The number of nitrogens with two attached hydrogens (primary N) is 1. The molecule has 2 aromatic rings. The van der Waals surface area contributed by atoms with Gasteiger partial charge in [-0.25, -0.2) is 9.97 Å². The van der Waals surface area contributed by atoms with E-state index in [0.29, 0.717) is 17.0 Å². The van der Waals surface area contributed by atoms with E-state index in [4.69, 9.17) is 10.5 Å². The molecule has 3 N–H and O–H groups in total. The van der Waals surface area contributed by atoms with Gasteiger partial charge in [0.1, 0.15) is 5.75 Å². The average molecular weight is 314 g/mol. The van der Waals surface area contributed by atoms with E-state index in [0.717, 1.165) is 17.7 Å². The van der Waals surface area contributed by atoms with Crippen LogP contribution in [0.4, 0.5) is 5.95 Å². The van der Waals surface area contributed by atoms with Crippen LogP contribution in [-0.2, 0) is 0 Å². The van der Waals surface area contributed by atoms with Gasteiger partial charge in [0.05, 0.1) is 23.1 Å². The number of aromatic nitrogens is 2. The fourth-order valence-corrected chi connectivity index (χ4v) is 2.23. The fourth-order valence-electron chi connectivity index (χ4n) is 2.23. The molecule has 1 aromatic heterocycles. The molecule has 0 saturated heterocycles. The molecule has 0 aliphatic carbocycles. The number of rotatable bonds is 5. The zero-order valence-corrected chi connectivity index (χ0v) is 13.9. The van der Waals surface area contributed by atoms with Crippen molar-refractivity contribution in [2.45, 2.75) is 33.3 Å². The largest absolute Gasteiger partial charge is 0.491 e. The molecule has 0 fully saturated rings. The summed E-state index contributed by atoms with van der Waals surface area (Å²) in [5.41, 5.74) is 7.99. The van der Waals surface area contributed by atoms with Crippen LogP contribution in [0.3, 0.4) is 0 Å². The number of hydrogen-bond acceptors (Lipinski definition) is 5. The minimum Gasteiger partial charge on any atom is -0.491 e. The lowest BCUT2D eigenvalue weighted by Gasteiger charge is -2.15. The summed E-state index contributed by atoms with van der Waals surface area (Å²) in [5.74, 6) is 0.624. The highest BCUT2D eigenvalue weighted by atomic mass is 16.5. The summed E-state index contributed by atoms with van der Waals surface area (Å²) in [6.07, 6.45) is 1.02. The lowest BCUT2D eigenvalue weighted by atomic mass is 10.0. The number of carbonyl (C=O) groups excluding carboxylic acids is 1. The Bertz CT molecular complexity index is 716. The first kappa shape index (κ1) is 16.7. The molecule has 2 rings (SSSR count). The van der Waals surface area contributed by atoms with Crippen LogP contribution in [0.1, 0.15) is 36.3 Å². The maximum Gasteiger partial charge on any atom is 0.255 e. The summed E-state index contributed by atoms with van der Waals surface area (Å²) in [5, 5.41) is 2.62. The molecule has 0 spiro atoms. The number of nitrogen functional groups attached to an aromatic ring is 1. The average Bonchev–Trinajstić information content (AvgIpc) is 2.53. The first-order valence-electron chi connectivity index (χ1n) is 7.59. The SMILES string of the molecule is CCC(C)Oc1cccc(-c2nc(N)nc(C)c2C(=O)NC)c1. The predicted molar refractivity (Wildman–Crippen MR) is 90.4 cm³/mol. The molecule has 0 aliphatic heterocycles. The molecule has 0 bridgehead atoms. The molecule has 6 heteroatoms. The summed E-state index contributed by atoms with van der Waals surface area (Å²) >= 11 is 0. The van der Waals surface area contributed by atoms with E-state index >= 15 is 0 Å². The first-order valence-corrected chi connectivity index (χ1v) is 7.59. The van der Waals surface area contributed by atoms with Gasteiger partial charge in [0.2, 0.25) is 5.95 Å². The van der Waals surface area contributed by atoms with Crippen LogP contribution in [0.5, 0.6) is 5.75 Å². The van der Waals surface area contributed by atoms with Gasteiger partial charge in [-0.05, 0) is 32.4 Å². The third kappa shape index (κ3) is 3.77. The van der Waals surface area contributed by atoms with Crippen LogP contribution in [0, 0.1) is 6.92 Å². The van der Waals surface area contributed by atoms with Gasteiger partial charge in [-0.3, -0.25) is 4.79 Å². The number of aryl methyl sites for hydroxylation is 1. The zero-order valence-electron chi connectivity index (χ0n) is 13.9. The van der Waals surface area contributed by atoms with Gasteiger partial charge in [-0.1, -0.05) is 19.1 Å². The summed E-state index contributed by atoms with van der Waals surface area (Å²) in [7, 11) is 1.57. The Morgan fingerprint density at radius 3 is 2.78 bits per heavy atom. The molecule has 1 atom stereocenters. The molecule has 6 nitrogen and oxygen atoms in total. The Hall–Kier alpha value is -2.63. The fraction of sp³-hybridized carbons (Fsp3) is 0.353. The van der Waals surface area contributed by atoms with Crippen molar-refractivity contribution in [2.24, 2.45) is 0 Å². The molecule has 1 amide bonds. The maximum atomic E-state index is 12.2. The topological polar surface area (TPSA) is 90.1 Å². The maximum absolute atomic E-state index is 12.2. The Morgan fingerprint density at radius 2 is 2.13 bits per heavy atom. The standard InChI is InChI=1S/C17H22N4O2/c1-5-10(2)23-13-8-6-7-12(9-13)15-14(16(22)19-4)11(3)20-17(18)21-15/h6-10H,5H2,1-4H3,(H,19,22)(H2,18,20,21). The summed E-state index contributed by atoms with van der Waals surface area (Å²) in [6.45, 7) is 5.81. The molecule has 0 aliphatic rings. The van der Waals surface area contributed by atoms with Crippen molar-refractivity contribution in [1.82, 2.24) is 15.3 Å². The number of nitrogens with one attached hydrogen (secondary N) is 1. The lowest BCUT2D eigenvalue weighted by Crippen LogP contribution is -2.22. The van der Waals surface area contributed by atoms with Crippen LogP contribution in [0.15, 0.2) is 24.3 Å². The van der Waals surface area contributed by atoms with E-state index in [1.165, 1.54) is 0 Å². The van der Waals surface area contributed by atoms with Gasteiger partial charge in [0.25, 0.3) is 5.91 Å². The van der Waals surface area contributed by atoms with Gasteiger partial charge in [-0.2, -0.15) is 0 Å². The van der Waals surface area contributed by atoms with E-state index < -0.39 is 0 Å². The minimum atomic E-state index is -0.245. The highest BCUT2D eigenvalue weighted by molar-refractivity contribution is 6.01. The number of nitrogens with zero attached hydrogens (tertiary/aromatic N) is 2. The van der Waals surface area contributed by atoms with Crippen LogP contribution >= 0.6 is 0 Å². The van der Waals surface area contributed by atoms with Crippen molar-refractivity contribution in [1.29, 1.82) is 0 Å². The molecule has 0 radical (unpaired) electrons. The third-order valence-electron chi connectivity index (χ3n) is 3.58. The van der Waals surface area contributed by atoms with Crippen molar-refractivity contribution in [3.63, 3.8) is 0 Å². The number of benzene rings is 1. The Balaban J connectivity index is 2.53. The van der Waals surface area contributed by atoms with Crippen molar-refractivity contribution in [3.05, 3.63) is 35.5 Å². The zero-order chi connectivity index (χ0) is 17.0. The molecule has 23 heavy (non-hydrogen) atoms. The Kier molecular flexibility index (Phi) is 5.16. The normalized spacial score (nSPS) is 11.8. The van der Waals surface area contributed by atoms with Gasteiger partial charge >= 0.3 is 0 Å². The van der Waals surface area contributed by atoms with E-state index in [1.807, 2.05) is 31.2 Å². The van der Waals surface area contributed by atoms with Crippen molar-refractivity contribution < 1.29 is 9.53 Å². The second-order valence-electron chi connectivity index (χ2n) is 5.33. The number of ether oxygens (including phenoxy) is 1. The third-order valence-corrected chi connectivity index (χ3v) is 3.58. The number of anilines is 1. The van der Waals surface area contributed by atoms with Gasteiger partial charge in [0.15, 0.2) is 0 Å². The first-order chi connectivity index (χ1) is 11.0. The van der Waals surface area contributed by atoms with Crippen LogP contribution in [0.2, 0.25) is 0 Å². The predicted octanol–water partition coefficient (Wildman–Crippen LogP) is 2.57. The quantitative estimate of drug-likeness (QED) is 0.885. The second-order valence-corrected chi connectivity index (χ2v) is 5.33. The van der Waals surface area contributed by atoms with Gasteiger partial charge in [-0.15, -0.1) is 0 Å². The summed E-state index contributed by atoms with van der Waals surface area (Å²) < 4.78 is 5.84. The second kappa shape index (κ2) is 7.09. The van der Waals surface area contributed by atoms with Gasteiger partial charge < -0.3 is 15.8 Å². The summed E-state index contributed by atoms with van der Waals surface area (Å²) in [4.78, 5) is 20.5. The van der Waals surface area contributed by atoms with Crippen LogP contribution in [-0.4, -0.2) is 29.0 Å². The molecular weight excluding hydrogens is 292 g/mol. The molecular formula is C17H22N4O2.